The summed E-state index contributed by atoms with van der Waals surface area (Å²) in [6.07, 6.45) is 0.296. The van der Waals surface area contributed by atoms with Crippen LogP contribution in [-0.4, -0.2) is 17.0 Å². The molecule has 1 N–H and O–H groups in total. The van der Waals surface area contributed by atoms with Crippen molar-refractivity contribution >= 4 is 11.9 Å². The van der Waals surface area contributed by atoms with E-state index in [1.807, 2.05) is 5.73 Å². The molecule has 0 aliphatic heterocycles. The lowest BCUT2D eigenvalue weighted by atomic mass is 10.2. The molecule has 0 amide bonds. The van der Waals surface area contributed by atoms with E-state index in [2.05, 4.69) is 0 Å². The van der Waals surface area contributed by atoms with Crippen molar-refractivity contribution in [3.63, 3.8) is 0 Å². The Balaban J connectivity index is 4.55. The van der Waals surface area contributed by atoms with E-state index in [0.29, 0.717) is 6.42 Å². The van der Waals surface area contributed by atoms with Crippen LogP contribution in [0.5, 0.6) is 0 Å². The maximum absolute atomic E-state index is 10.0. The molecule has 0 aromatic heterocycles. The summed E-state index contributed by atoms with van der Waals surface area (Å²) in [6.45, 7) is 1.63. The first-order chi connectivity index (χ1) is 4.22. The lowest BCUT2D eigenvalue weighted by Gasteiger charge is -1.86. The quantitative estimate of drug-likeness (QED) is 0.331. The van der Waals surface area contributed by atoms with Crippen LogP contribution in [0.2, 0.25) is 0 Å². The van der Waals surface area contributed by atoms with Gasteiger partial charge >= 0.3 is 5.97 Å². The molecule has 3 heteroatoms. The van der Waals surface area contributed by atoms with Gasteiger partial charge in [-0.3, -0.25) is 0 Å². The highest BCUT2D eigenvalue weighted by Gasteiger charge is 2.00. The van der Waals surface area contributed by atoms with Gasteiger partial charge in [-0.05, 0) is 12.2 Å². The van der Waals surface area contributed by atoms with Gasteiger partial charge in [-0.1, -0.05) is 6.92 Å². The van der Waals surface area contributed by atoms with Gasteiger partial charge < -0.3 is 5.11 Å². The highest BCUT2D eigenvalue weighted by atomic mass is 16.4. The SMILES string of the molecule is CCC(=C=C=O)C(=O)O. The van der Waals surface area contributed by atoms with Crippen molar-refractivity contribution in [2.45, 2.75) is 13.3 Å². The molecule has 48 valence electrons. The zero-order chi connectivity index (χ0) is 7.28. The predicted molar refractivity (Wildman–Crippen MR) is 30.6 cm³/mol. The summed E-state index contributed by atoms with van der Waals surface area (Å²) in [7, 11) is 0. The number of aliphatic carboxylic acids is 1. The molecule has 0 unspecified atom stereocenters. The highest BCUT2D eigenvalue weighted by molar-refractivity contribution is 5.87. The average Bonchev–Trinajstić information content (AvgIpc) is 1.82. The third-order valence-electron chi connectivity index (χ3n) is 0.814. The van der Waals surface area contributed by atoms with Crippen molar-refractivity contribution in [2.24, 2.45) is 0 Å². The molecule has 0 radical (unpaired) electrons. The fourth-order valence-electron chi connectivity index (χ4n) is 0.355. The Kier molecular flexibility index (Phi) is 3.14. The van der Waals surface area contributed by atoms with E-state index < -0.39 is 5.97 Å². The van der Waals surface area contributed by atoms with Gasteiger partial charge in [-0.25, -0.2) is 9.59 Å². The summed E-state index contributed by atoms with van der Waals surface area (Å²) in [6, 6.07) is 0. The van der Waals surface area contributed by atoms with E-state index in [4.69, 9.17) is 5.11 Å². The number of rotatable bonds is 2. The first-order valence-electron chi connectivity index (χ1n) is 2.44. The minimum absolute atomic E-state index is 0.0370. The van der Waals surface area contributed by atoms with E-state index in [-0.39, 0.29) is 5.57 Å². The first-order valence-corrected chi connectivity index (χ1v) is 2.44. The second-order valence-corrected chi connectivity index (χ2v) is 1.36. The van der Waals surface area contributed by atoms with Gasteiger partial charge in [0.05, 0.1) is 5.57 Å². The molecule has 0 bridgehead atoms. The highest BCUT2D eigenvalue weighted by Crippen LogP contribution is 1.94. The van der Waals surface area contributed by atoms with Crippen molar-refractivity contribution < 1.29 is 14.7 Å². The standard InChI is InChI=1S/C6H6O3/c1-2-5(3-4-7)6(8)9/h2H2,1H3,(H,8,9). The molecular weight excluding hydrogens is 120 g/mol. The maximum atomic E-state index is 10.0. The van der Waals surface area contributed by atoms with Crippen molar-refractivity contribution in [2.75, 3.05) is 0 Å². The van der Waals surface area contributed by atoms with Gasteiger partial charge in [-0.15, -0.1) is 0 Å². The van der Waals surface area contributed by atoms with Crippen molar-refractivity contribution in [1.82, 2.24) is 0 Å². The number of hydrogen-bond acceptors (Lipinski definition) is 2. The Labute approximate surface area is 52.3 Å². The van der Waals surface area contributed by atoms with E-state index in [1.165, 1.54) is 5.94 Å². The second kappa shape index (κ2) is 3.67. The molecule has 0 rings (SSSR count). The van der Waals surface area contributed by atoms with Crippen LogP contribution in [0.1, 0.15) is 13.3 Å². The predicted octanol–water partition coefficient (Wildman–Crippen LogP) is 0.394. The molecule has 9 heavy (non-hydrogen) atoms. The molecule has 0 saturated heterocycles. The van der Waals surface area contributed by atoms with Crippen LogP contribution in [0.15, 0.2) is 11.3 Å². The van der Waals surface area contributed by atoms with Gasteiger partial charge in [0.15, 0.2) is 5.94 Å². The normalized spacial score (nSPS) is 7.22. The third-order valence-corrected chi connectivity index (χ3v) is 0.814. The van der Waals surface area contributed by atoms with Gasteiger partial charge in [-0.2, -0.15) is 0 Å². The van der Waals surface area contributed by atoms with E-state index in [9.17, 15) is 9.59 Å². The minimum atomic E-state index is -1.11. The largest absolute Gasteiger partial charge is 0.477 e. The van der Waals surface area contributed by atoms with Crippen LogP contribution in [-0.2, 0) is 9.59 Å². The molecule has 0 saturated carbocycles. The molecule has 0 aromatic rings. The molecule has 0 aliphatic rings. The Morgan fingerprint density at radius 1 is 1.67 bits per heavy atom. The maximum Gasteiger partial charge on any atom is 0.340 e. The number of carboxylic acids is 1. The monoisotopic (exact) mass is 126 g/mol. The Morgan fingerprint density at radius 3 is 2.33 bits per heavy atom. The van der Waals surface area contributed by atoms with Gasteiger partial charge in [0.2, 0.25) is 0 Å². The molecule has 0 fully saturated rings. The molecule has 3 nitrogen and oxygen atoms in total. The van der Waals surface area contributed by atoms with E-state index >= 15 is 0 Å². The fourth-order valence-corrected chi connectivity index (χ4v) is 0.355. The summed E-state index contributed by atoms with van der Waals surface area (Å²) >= 11 is 0. The third kappa shape index (κ3) is 2.50. The summed E-state index contributed by atoms with van der Waals surface area (Å²) in [4.78, 5) is 19.6. The van der Waals surface area contributed by atoms with Crippen LogP contribution < -0.4 is 0 Å². The Morgan fingerprint density at radius 2 is 2.22 bits per heavy atom. The van der Waals surface area contributed by atoms with Gasteiger partial charge in [0.1, 0.15) is 0 Å². The summed E-state index contributed by atoms with van der Waals surface area (Å²) in [5, 5.41) is 8.23. The lowest BCUT2D eigenvalue weighted by molar-refractivity contribution is -0.132. The van der Waals surface area contributed by atoms with Crippen LogP contribution in [0, 0.1) is 0 Å². The average molecular weight is 126 g/mol. The topological polar surface area (TPSA) is 54.4 Å². The molecular formula is C6H6O3. The minimum Gasteiger partial charge on any atom is -0.477 e. The van der Waals surface area contributed by atoms with Crippen molar-refractivity contribution in [3.05, 3.63) is 11.3 Å². The number of carbonyl (C=O) groups excluding carboxylic acids is 1. The van der Waals surface area contributed by atoms with Crippen molar-refractivity contribution in [3.8, 4) is 0 Å². The summed E-state index contributed by atoms with van der Waals surface area (Å²) in [5.41, 5.74) is 1.91. The fraction of sp³-hybridized carbons (Fsp3) is 0.333. The lowest BCUT2D eigenvalue weighted by Crippen LogP contribution is -1.96. The number of carboxylic acid groups (broad SMARTS) is 1. The van der Waals surface area contributed by atoms with Crippen LogP contribution in [0.4, 0.5) is 0 Å². The smallest absolute Gasteiger partial charge is 0.340 e. The molecule has 0 heterocycles. The van der Waals surface area contributed by atoms with Crippen LogP contribution in [0.3, 0.4) is 0 Å². The van der Waals surface area contributed by atoms with Gasteiger partial charge in [0, 0.05) is 0 Å². The zero-order valence-corrected chi connectivity index (χ0v) is 4.97. The van der Waals surface area contributed by atoms with Crippen LogP contribution in [0.25, 0.3) is 0 Å². The van der Waals surface area contributed by atoms with E-state index in [0.717, 1.165) is 0 Å². The summed E-state index contributed by atoms with van der Waals surface area (Å²) in [5.74, 6) is 0.172. The summed E-state index contributed by atoms with van der Waals surface area (Å²) < 4.78 is 0. The van der Waals surface area contributed by atoms with Crippen LogP contribution >= 0.6 is 0 Å². The molecule has 0 aliphatic carbocycles. The van der Waals surface area contributed by atoms with Gasteiger partial charge in [0.25, 0.3) is 0 Å². The second-order valence-electron chi connectivity index (χ2n) is 1.36. The Bertz CT molecular complexity index is 192. The number of hydrogen-bond donors (Lipinski definition) is 1. The van der Waals surface area contributed by atoms with E-state index in [1.54, 1.807) is 6.92 Å². The first kappa shape index (κ1) is 7.70. The molecule has 0 atom stereocenters. The molecule has 0 aromatic carbocycles. The molecule has 0 spiro atoms. The number of carbonyl (C=O) groups is 1. The zero-order valence-electron chi connectivity index (χ0n) is 4.97. The Hall–Kier alpha value is -1.30. The van der Waals surface area contributed by atoms with Crippen molar-refractivity contribution in [1.29, 1.82) is 0 Å².